The summed E-state index contributed by atoms with van der Waals surface area (Å²) in [6.45, 7) is 4.51. The van der Waals surface area contributed by atoms with Crippen LogP contribution in [-0.2, 0) is 20.8 Å². The number of anilines is 1. The van der Waals surface area contributed by atoms with Gasteiger partial charge in [-0.2, -0.15) is 0 Å². The molecule has 0 radical (unpaired) electrons. The molecule has 0 aromatic heterocycles. The first-order valence-electron chi connectivity index (χ1n) is 12.2. The van der Waals surface area contributed by atoms with E-state index in [9.17, 15) is 18.8 Å². The predicted molar refractivity (Wildman–Crippen MR) is 126 cm³/mol. The van der Waals surface area contributed by atoms with E-state index in [1.807, 2.05) is 7.05 Å². The van der Waals surface area contributed by atoms with Crippen molar-refractivity contribution in [3.05, 3.63) is 29.6 Å². The van der Waals surface area contributed by atoms with E-state index in [-0.39, 0.29) is 36.3 Å². The van der Waals surface area contributed by atoms with Gasteiger partial charge in [0.25, 0.3) is 0 Å². The van der Waals surface area contributed by atoms with Crippen LogP contribution in [0.3, 0.4) is 0 Å². The zero-order valence-corrected chi connectivity index (χ0v) is 19.9. The second-order valence-corrected chi connectivity index (χ2v) is 9.38. The monoisotopic (exact) mass is 460 g/mol. The van der Waals surface area contributed by atoms with Gasteiger partial charge >= 0.3 is 0 Å². The molecule has 8 heteroatoms. The maximum atomic E-state index is 14.8. The Morgan fingerprint density at radius 2 is 1.76 bits per heavy atom. The molecule has 1 saturated carbocycles. The molecule has 1 saturated heterocycles. The maximum absolute atomic E-state index is 14.8. The first kappa shape index (κ1) is 25.1. The molecule has 2 N–H and O–H groups in total. The van der Waals surface area contributed by atoms with Crippen molar-refractivity contribution in [2.45, 2.75) is 64.3 Å². The third kappa shape index (κ3) is 7.52. The molecule has 0 bridgehead atoms. The molecule has 3 amide bonds. The predicted octanol–water partition coefficient (Wildman–Crippen LogP) is 2.95. The molecule has 182 valence electrons. The van der Waals surface area contributed by atoms with Crippen molar-refractivity contribution in [1.82, 2.24) is 15.1 Å². The minimum absolute atomic E-state index is 0.143. The average Bonchev–Trinajstić information content (AvgIpc) is 2.81. The molecular formula is C25H37FN4O3. The first-order valence-corrected chi connectivity index (χ1v) is 12.2. The fourth-order valence-corrected chi connectivity index (χ4v) is 4.62. The number of carbonyl (C=O) groups excluding carboxylic acids is 3. The van der Waals surface area contributed by atoms with Gasteiger partial charge in [0, 0.05) is 45.4 Å². The van der Waals surface area contributed by atoms with E-state index in [0.29, 0.717) is 31.0 Å². The van der Waals surface area contributed by atoms with Gasteiger partial charge in [0.2, 0.25) is 17.7 Å². The number of hydrogen-bond acceptors (Lipinski definition) is 4. The summed E-state index contributed by atoms with van der Waals surface area (Å²) in [5.41, 5.74) is 0.751. The Morgan fingerprint density at radius 3 is 2.39 bits per heavy atom. The fraction of sp³-hybridized carbons (Fsp3) is 0.640. The van der Waals surface area contributed by atoms with Crippen LogP contribution in [0.25, 0.3) is 0 Å². The van der Waals surface area contributed by atoms with Crippen molar-refractivity contribution in [1.29, 1.82) is 0 Å². The summed E-state index contributed by atoms with van der Waals surface area (Å²) in [7, 11) is 2.01. The van der Waals surface area contributed by atoms with Gasteiger partial charge in [0.05, 0.1) is 5.69 Å². The second kappa shape index (κ2) is 12.1. The highest BCUT2D eigenvalue weighted by atomic mass is 19.1. The zero-order valence-electron chi connectivity index (χ0n) is 19.9. The Hall–Kier alpha value is -2.48. The van der Waals surface area contributed by atoms with Crippen LogP contribution >= 0.6 is 0 Å². The topological polar surface area (TPSA) is 81.8 Å². The minimum atomic E-state index is -0.744. The fourth-order valence-electron chi connectivity index (χ4n) is 4.62. The number of nitrogens with one attached hydrogen (secondary N) is 2. The smallest absolute Gasteiger partial charge is 0.245 e. The summed E-state index contributed by atoms with van der Waals surface area (Å²) in [5.74, 6) is -0.668. The lowest BCUT2D eigenvalue weighted by Crippen LogP contribution is -2.54. The normalized spacial score (nSPS) is 18.6. The third-order valence-corrected chi connectivity index (χ3v) is 6.72. The molecule has 2 fully saturated rings. The number of benzene rings is 1. The van der Waals surface area contributed by atoms with Crippen LogP contribution in [0.1, 0.15) is 57.4 Å². The first-order chi connectivity index (χ1) is 15.9. The Balaban J connectivity index is 1.63. The lowest BCUT2D eigenvalue weighted by molar-refractivity contribution is -0.137. The average molecular weight is 461 g/mol. The molecule has 7 nitrogen and oxygen atoms in total. The van der Waals surface area contributed by atoms with Gasteiger partial charge < -0.3 is 20.4 Å². The standard InChI is InChI=1S/C25H37FN4O3/c1-3-23(31)28-22(25(33)30-13-11-29(2)12-14-30)16-19-9-10-21(20(26)15-19)27-24(32)17-18-7-5-4-6-8-18/h9-10,15,18,22H,3-8,11-14,16-17H2,1-2H3,(H,27,32)(H,28,31). The van der Waals surface area contributed by atoms with E-state index in [1.54, 1.807) is 24.0 Å². The van der Waals surface area contributed by atoms with Crippen molar-refractivity contribution >= 4 is 23.4 Å². The van der Waals surface area contributed by atoms with Gasteiger partial charge in [-0.3, -0.25) is 14.4 Å². The Morgan fingerprint density at radius 1 is 1.06 bits per heavy atom. The number of hydrogen-bond donors (Lipinski definition) is 2. The second-order valence-electron chi connectivity index (χ2n) is 9.38. The van der Waals surface area contributed by atoms with Gasteiger partial charge in [-0.05, 0) is 43.5 Å². The van der Waals surface area contributed by atoms with Gasteiger partial charge in [-0.1, -0.05) is 32.3 Å². The lowest BCUT2D eigenvalue weighted by Gasteiger charge is -2.34. The Kier molecular flexibility index (Phi) is 9.23. The number of piperazine rings is 1. The summed E-state index contributed by atoms with van der Waals surface area (Å²) in [6, 6.07) is 3.86. The van der Waals surface area contributed by atoms with Gasteiger partial charge in [-0.15, -0.1) is 0 Å². The summed E-state index contributed by atoms with van der Waals surface area (Å²) in [5, 5.41) is 5.49. The van der Waals surface area contributed by atoms with E-state index in [0.717, 1.165) is 38.8 Å². The number of amides is 3. The van der Waals surface area contributed by atoms with Crippen LogP contribution in [-0.4, -0.2) is 66.8 Å². The molecule has 1 unspecified atom stereocenters. The summed E-state index contributed by atoms with van der Waals surface area (Å²) in [6.07, 6.45) is 6.54. The lowest BCUT2D eigenvalue weighted by atomic mass is 9.87. The van der Waals surface area contributed by atoms with Gasteiger partial charge in [-0.25, -0.2) is 4.39 Å². The van der Waals surface area contributed by atoms with E-state index in [4.69, 9.17) is 0 Å². The SMILES string of the molecule is CCC(=O)NC(Cc1ccc(NC(=O)CC2CCCCC2)c(F)c1)C(=O)N1CCN(C)CC1. The van der Waals surface area contributed by atoms with Crippen LogP contribution < -0.4 is 10.6 Å². The van der Waals surface area contributed by atoms with E-state index in [2.05, 4.69) is 15.5 Å². The molecule has 0 spiro atoms. The van der Waals surface area contributed by atoms with Crippen LogP contribution in [0.5, 0.6) is 0 Å². The van der Waals surface area contributed by atoms with Gasteiger partial charge in [0.1, 0.15) is 11.9 Å². The Labute approximate surface area is 196 Å². The van der Waals surface area contributed by atoms with E-state index < -0.39 is 11.9 Å². The number of rotatable bonds is 8. The molecule has 1 aromatic rings. The minimum Gasteiger partial charge on any atom is -0.344 e. The third-order valence-electron chi connectivity index (χ3n) is 6.72. The van der Waals surface area contributed by atoms with Crippen molar-refractivity contribution in [2.24, 2.45) is 5.92 Å². The molecular weight excluding hydrogens is 423 g/mol. The number of halogens is 1. The maximum Gasteiger partial charge on any atom is 0.245 e. The summed E-state index contributed by atoms with van der Waals surface area (Å²) < 4.78 is 14.8. The summed E-state index contributed by atoms with van der Waals surface area (Å²) >= 11 is 0. The van der Waals surface area contributed by atoms with Gasteiger partial charge in [0.15, 0.2) is 0 Å². The van der Waals surface area contributed by atoms with Crippen LogP contribution in [0.15, 0.2) is 18.2 Å². The highest BCUT2D eigenvalue weighted by Crippen LogP contribution is 2.27. The van der Waals surface area contributed by atoms with Crippen molar-refractivity contribution in [3.63, 3.8) is 0 Å². The summed E-state index contributed by atoms with van der Waals surface area (Å²) in [4.78, 5) is 41.4. The molecule has 1 heterocycles. The van der Waals surface area contributed by atoms with Crippen LogP contribution in [0.2, 0.25) is 0 Å². The highest BCUT2D eigenvalue weighted by molar-refractivity contribution is 5.91. The number of nitrogens with zero attached hydrogens (tertiary/aromatic N) is 2. The molecule has 1 aliphatic heterocycles. The van der Waals surface area contributed by atoms with E-state index >= 15 is 0 Å². The molecule has 3 rings (SSSR count). The Bertz CT molecular complexity index is 833. The molecule has 33 heavy (non-hydrogen) atoms. The highest BCUT2D eigenvalue weighted by Gasteiger charge is 2.28. The number of likely N-dealkylation sites (N-methyl/N-ethyl adjacent to an activating group) is 1. The molecule has 1 aromatic carbocycles. The quantitative estimate of drug-likeness (QED) is 0.625. The van der Waals surface area contributed by atoms with Crippen molar-refractivity contribution in [3.8, 4) is 0 Å². The molecule has 1 atom stereocenters. The zero-order chi connectivity index (χ0) is 23.8. The van der Waals surface area contributed by atoms with E-state index in [1.165, 1.54) is 12.5 Å². The van der Waals surface area contributed by atoms with Crippen molar-refractivity contribution in [2.75, 3.05) is 38.5 Å². The number of carbonyl (C=O) groups is 3. The molecule has 1 aliphatic carbocycles. The molecule has 2 aliphatic rings. The van der Waals surface area contributed by atoms with Crippen molar-refractivity contribution < 1.29 is 18.8 Å². The van der Waals surface area contributed by atoms with Crippen LogP contribution in [0.4, 0.5) is 10.1 Å². The largest absolute Gasteiger partial charge is 0.344 e. The van der Waals surface area contributed by atoms with Crippen LogP contribution in [0, 0.1) is 11.7 Å².